The third kappa shape index (κ3) is 3.43. The lowest BCUT2D eigenvalue weighted by molar-refractivity contribution is -0.145. The fraction of sp³-hybridized carbons (Fsp3) is 0.895. The van der Waals surface area contributed by atoms with Crippen molar-refractivity contribution in [1.82, 2.24) is 14.7 Å². The second-order valence-electron chi connectivity index (χ2n) is 8.30. The summed E-state index contributed by atoms with van der Waals surface area (Å²) in [6.07, 6.45) is 6.22. The number of carbonyl (C=O) groups is 2. The Hall–Kier alpha value is -1.14. The summed E-state index contributed by atoms with van der Waals surface area (Å²) in [5.74, 6) is 0.518. The summed E-state index contributed by atoms with van der Waals surface area (Å²) in [7, 11) is 0. The Morgan fingerprint density at radius 3 is 2.68 bits per heavy atom. The summed E-state index contributed by atoms with van der Waals surface area (Å²) in [5, 5.41) is 0. The molecule has 2 amide bonds. The monoisotopic (exact) mass is 349 g/mol. The van der Waals surface area contributed by atoms with Crippen molar-refractivity contribution in [3.8, 4) is 0 Å². The molecule has 6 heteroatoms. The number of ether oxygens (including phenoxy) is 1. The van der Waals surface area contributed by atoms with Gasteiger partial charge in [-0.25, -0.2) is 0 Å². The summed E-state index contributed by atoms with van der Waals surface area (Å²) >= 11 is 0. The van der Waals surface area contributed by atoms with Gasteiger partial charge in [0.2, 0.25) is 11.8 Å². The number of carbonyl (C=O) groups excluding carboxylic acids is 2. The van der Waals surface area contributed by atoms with Crippen LogP contribution in [-0.4, -0.2) is 85.5 Å². The molecule has 0 bridgehead atoms. The number of piperidine rings is 1. The van der Waals surface area contributed by atoms with Crippen molar-refractivity contribution < 1.29 is 14.3 Å². The smallest absolute Gasteiger partial charge is 0.230 e. The number of hydrogen-bond donors (Lipinski definition) is 0. The van der Waals surface area contributed by atoms with E-state index in [1.54, 1.807) is 0 Å². The minimum Gasteiger partial charge on any atom is -0.381 e. The van der Waals surface area contributed by atoms with Gasteiger partial charge >= 0.3 is 0 Å². The summed E-state index contributed by atoms with van der Waals surface area (Å²) in [4.78, 5) is 32.4. The van der Waals surface area contributed by atoms with Gasteiger partial charge in [0.25, 0.3) is 0 Å². The zero-order chi connectivity index (χ0) is 17.3. The van der Waals surface area contributed by atoms with Crippen LogP contribution in [0.1, 0.15) is 38.5 Å². The van der Waals surface area contributed by atoms with Crippen LogP contribution in [0.4, 0.5) is 0 Å². The number of amides is 2. The van der Waals surface area contributed by atoms with Crippen LogP contribution in [0.25, 0.3) is 0 Å². The Labute approximate surface area is 150 Å². The summed E-state index contributed by atoms with van der Waals surface area (Å²) in [5.41, 5.74) is -0.307. The molecule has 0 aromatic heterocycles. The lowest BCUT2D eigenvalue weighted by Crippen LogP contribution is -2.51. The highest BCUT2D eigenvalue weighted by molar-refractivity contribution is 5.87. The van der Waals surface area contributed by atoms with Gasteiger partial charge in [0, 0.05) is 39.3 Å². The molecule has 4 fully saturated rings. The van der Waals surface area contributed by atoms with Crippen LogP contribution >= 0.6 is 0 Å². The first-order valence-corrected chi connectivity index (χ1v) is 10.1. The average molecular weight is 349 g/mol. The van der Waals surface area contributed by atoms with Gasteiger partial charge in [-0.05, 0) is 51.6 Å². The van der Waals surface area contributed by atoms with Gasteiger partial charge in [-0.3, -0.25) is 9.59 Å². The molecule has 0 radical (unpaired) electrons. The quantitative estimate of drug-likeness (QED) is 0.759. The number of hydrogen-bond acceptors (Lipinski definition) is 4. The molecule has 4 aliphatic heterocycles. The van der Waals surface area contributed by atoms with E-state index in [-0.39, 0.29) is 17.2 Å². The topological polar surface area (TPSA) is 53.1 Å². The van der Waals surface area contributed by atoms with Crippen LogP contribution in [0, 0.1) is 11.3 Å². The Kier molecular flexibility index (Phi) is 5.00. The predicted molar refractivity (Wildman–Crippen MR) is 94.0 cm³/mol. The predicted octanol–water partition coefficient (Wildman–Crippen LogP) is 0.960. The van der Waals surface area contributed by atoms with Gasteiger partial charge in [0.05, 0.1) is 17.9 Å². The summed E-state index contributed by atoms with van der Waals surface area (Å²) < 4.78 is 5.38. The molecule has 6 nitrogen and oxygen atoms in total. The Morgan fingerprint density at radius 1 is 1.08 bits per heavy atom. The van der Waals surface area contributed by atoms with Gasteiger partial charge in [-0.2, -0.15) is 0 Å². The molecule has 2 atom stereocenters. The van der Waals surface area contributed by atoms with E-state index in [0.29, 0.717) is 25.7 Å². The zero-order valence-corrected chi connectivity index (χ0v) is 15.3. The standard InChI is InChI=1S/C19H31N3O3/c23-17(16-4-13-25-14-16)22-9-3-5-19(15-22)6-10-21(18(19)24)12-11-20-7-1-2-8-20/h16H,1-15H2. The summed E-state index contributed by atoms with van der Waals surface area (Å²) in [6.45, 7) is 7.75. The van der Waals surface area contributed by atoms with Gasteiger partial charge in [0.15, 0.2) is 0 Å². The molecule has 25 heavy (non-hydrogen) atoms. The van der Waals surface area contributed by atoms with Crippen LogP contribution in [0.5, 0.6) is 0 Å². The van der Waals surface area contributed by atoms with Crippen LogP contribution in [0.2, 0.25) is 0 Å². The van der Waals surface area contributed by atoms with Gasteiger partial charge in [-0.15, -0.1) is 0 Å². The first kappa shape index (κ1) is 17.3. The maximum Gasteiger partial charge on any atom is 0.230 e. The van der Waals surface area contributed by atoms with E-state index in [0.717, 1.165) is 51.9 Å². The van der Waals surface area contributed by atoms with Crippen LogP contribution in [-0.2, 0) is 14.3 Å². The van der Waals surface area contributed by atoms with E-state index >= 15 is 0 Å². The minimum absolute atomic E-state index is 0.0120. The van der Waals surface area contributed by atoms with E-state index in [1.807, 2.05) is 4.90 Å². The first-order valence-electron chi connectivity index (χ1n) is 10.1. The SMILES string of the molecule is O=C(C1CCOC1)N1CCCC2(CCN(CCN3CCCC3)C2=O)C1. The molecule has 4 aliphatic rings. The second-order valence-corrected chi connectivity index (χ2v) is 8.30. The highest BCUT2D eigenvalue weighted by atomic mass is 16.5. The summed E-state index contributed by atoms with van der Waals surface area (Å²) in [6, 6.07) is 0. The molecule has 4 rings (SSSR count). The van der Waals surface area contributed by atoms with Crippen molar-refractivity contribution in [2.75, 3.05) is 59.0 Å². The van der Waals surface area contributed by atoms with E-state index in [9.17, 15) is 9.59 Å². The fourth-order valence-electron chi connectivity index (χ4n) is 5.06. The van der Waals surface area contributed by atoms with Crippen molar-refractivity contribution in [3.05, 3.63) is 0 Å². The highest BCUT2D eigenvalue weighted by Gasteiger charge is 2.50. The lowest BCUT2D eigenvalue weighted by Gasteiger charge is -2.40. The maximum atomic E-state index is 13.1. The largest absolute Gasteiger partial charge is 0.381 e. The molecule has 0 saturated carbocycles. The van der Waals surface area contributed by atoms with Gasteiger partial charge in [-0.1, -0.05) is 0 Å². The molecular weight excluding hydrogens is 318 g/mol. The molecule has 140 valence electrons. The van der Waals surface area contributed by atoms with Crippen LogP contribution in [0.15, 0.2) is 0 Å². The van der Waals surface area contributed by atoms with Crippen LogP contribution in [0.3, 0.4) is 0 Å². The molecule has 0 aromatic carbocycles. The van der Waals surface area contributed by atoms with Gasteiger partial charge in [0.1, 0.15) is 0 Å². The first-order chi connectivity index (χ1) is 12.2. The molecule has 0 N–H and O–H groups in total. The molecule has 0 aliphatic carbocycles. The second kappa shape index (κ2) is 7.23. The van der Waals surface area contributed by atoms with Crippen molar-refractivity contribution >= 4 is 11.8 Å². The molecule has 4 heterocycles. The van der Waals surface area contributed by atoms with Crippen LogP contribution < -0.4 is 0 Å². The minimum atomic E-state index is -0.307. The van der Waals surface area contributed by atoms with E-state index < -0.39 is 0 Å². The third-order valence-electron chi connectivity index (χ3n) is 6.65. The number of nitrogens with zero attached hydrogens (tertiary/aromatic N) is 3. The van der Waals surface area contributed by atoms with Crippen molar-refractivity contribution in [3.63, 3.8) is 0 Å². The van der Waals surface area contributed by atoms with Crippen molar-refractivity contribution in [2.45, 2.75) is 38.5 Å². The van der Waals surface area contributed by atoms with Gasteiger partial charge < -0.3 is 19.4 Å². The van der Waals surface area contributed by atoms with E-state index in [2.05, 4.69) is 9.80 Å². The fourth-order valence-corrected chi connectivity index (χ4v) is 5.06. The van der Waals surface area contributed by atoms with Crippen molar-refractivity contribution in [2.24, 2.45) is 11.3 Å². The molecular formula is C19H31N3O3. The average Bonchev–Trinajstić information content (AvgIpc) is 3.38. The Morgan fingerprint density at radius 2 is 1.92 bits per heavy atom. The molecule has 2 unspecified atom stereocenters. The Balaban J connectivity index is 1.35. The maximum absolute atomic E-state index is 13.1. The van der Waals surface area contributed by atoms with Crippen molar-refractivity contribution in [1.29, 1.82) is 0 Å². The third-order valence-corrected chi connectivity index (χ3v) is 6.65. The van der Waals surface area contributed by atoms with E-state index in [1.165, 1.54) is 25.9 Å². The highest BCUT2D eigenvalue weighted by Crippen LogP contribution is 2.40. The number of likely N-dealkylation sites (tertiary alicyclic amines) is 3. The lowest BCUT2D eigenvalue weighted by atomic mass is 9.78. The normalized spacial score (nSPS) is 33.8. The zero-order valence-electron chi connectivity index (χ0n) is 15.3. The molecule has 0 aromatic rings. The Bertz CT molecular complexity index is 514. The number of rotatable bonds is 4. The molecule has 1 spiro atoms. The van der Waals surface area contributed by atoms with E-state index in [4.69, 9.17) is 4.74 Å². The molecule has 4 saturated heterocycles.